The first kappa shape index (κ1) is 8.96. The number of hydrogen-bond acceptors (Lipinski definition) is 0. The van der Waals surface area contributed by atoms with Crippen molar-refractivity contribution in [3.8, 4) is 0 Å². The minimum absolute atomic E-state index is 0.0536. The standard InChI is InChI=1S/C7H11Cl3/c1-7(10)3-2-5(8)6(9)4-7/h5-6H,2-4H2,1H3/t5?,6?,7-/m1/s1. The van der Waals surface area contributed by atoms with Gasteiger partial charge in [0.15, 0.2) is 0 Å². The fraction of sp³-hybridized carbons (Fsp3) is 1.00. The van der Waals surface area contributed by atoms with Gasteiger partial charge in [0.05, 0.1) is 10.8 Å². The highest BCUT2D eigenvalue weighted by Gasteiger charge is 2.34. The molecule has 3 atom stereocenters. The predicted molar refractivity (Wildman–Crippen MR) is 47.4 cm³/mol. The summed E-state index contributed by atoms with van der Waals surface area (Å²) in [5.41, 5.74) is 0. The fourth-order valence-corrected chi connectivity index (χ4v) is 2.28. The van der Waals surface area contributed by atoms with Gasteiger partial charge in [-0.2, -0.15) is 0 Å². The monoisotopic (exact) mass is 200 g/mol. The maximum Gasteiger partial charge on any atom is 0.0516 e. The average Bonchev–Trinajstić information content (AvgIpc) is 1.79. The van der Waals surface area contributed by atoms with Crippen molar-refractivity contribution in [2.75, 3.05) is 0 Å². The van der Waals surface area contributed by atoms with Gasteiger partial charge in [0, 0.05) is 4.87 Å². The molecule has 1 aliphatic rings. The molecule has 1 rings (SSSR count). The van der Waals surface area contributed by atoms with Gasteiger partial charge in [-0.25, -0.2) is 0 Å². The lowest BCUT2D eigenvalue weighted by Crippen LogP contribution is -2.33. The minimum atomic E-state index is -0.113. The van der Waals surface area contributed by atoms with Gasteiger partial charge in [-0.1, -0.05) is 0 Å². The molecule has 0 spiro atoms. The van der Waals surface area contributed by atoms with Crippen LogP contribution < -0.4 is 0 Å². The van der Waals surface area contributed by atoms with Crippen LogP contribution in [-0.4, -0.2) is 15.6 Å². The smallest absolute Gasteiger partial charge is 0.0516 e. The maximum atomic E-state index is 6.09. The van der Waals surface area contributed by atoms with E-state index in [1.54, 1.807) is 0 Å². The zero-order valence-electron chi connectivity index (χ0n) is 5.91. The molecule has 1 saturated carbocycles. The first-order valence-corrected chi connectivity index (χ1v) is 4.73. The molecule has 60 valence electrons. The third-order valence-corrected chi connectivity index (χ3v) is 3.41. The van der Waals surface area contributed by atoms with Gasteiger partial charge in [-0.3, -0.25) is 0 Å². The summed E-state index contributed by atoms with van der Waals surface area (Å²) in [4.78, 5) is -0.113. The average molecular weight is 202 g/mol. The van der Waals surface area contributed by atoms with Gasteiger partial charge in [0.1, 0.15) is 0 Å². The highest BCUT2D eigenvalue weighted by molar-refractivity contribution is 6.31. The lowest BCUT2D eigenvalue weighted by molar-refractivity contribution is 0.425. The lowest BCUT2D eigenvalue weighted by atomic mass is 9.89. The summed E-state index contributed by atoms with van der Waals surface area (Å²) in [6.07, 6.45) is 2.74. The lowest BCUT2D eigenvalue weighted by Gasteiger charge is -2.33. The van der Waals surface area contributed by atoms with Crippen LogP contribution in [0.3, 0.4) is 0 Å². The topological polar surface area (TPSA) is 0 Å². The van der Waals surface area contributed by atoms with Crippen LogP contribution in [0.2, 0.25) is 0 Å². The van der Waals surface area contributed by atoms with Crippen LogP contribution in [0.1, 0.15) is 26.2 Å². The van der Waals surface area contributed by atoms with Gasteiger partial charge >= 0.3 is 0 Å². The Morgan fingerprint density at radius 2 is 1.90 bits per heavy atom. The zero-order chi connectivity index (χ0) is 7.78. The Labute approximate surface area is 76.8 Å². The van der Waals surface area contributed by atoms with E-state index >= 15 is 0 Å². The van der Waals surface area contributed by atoms with Crippen molar-refractivity contribution < 1.29 is 0 Å². The Morgan fingerprint density at radius 3 is 2.30 bits per heavy atom. The molecule has 1 fully saturated rings. The predicted octanol–water partition coefficient (Wildman–Crippen LogP) is 3.38. The quantitative estimate of drug-likeness (QED) is 0.527. The summed E-state index contributed by atoms with van der Waals surface area (Å²) in [5, 5.41) is 0.173. The second-order valence-corrected chi connectivity index (χ2v) is 5.22. The van der Waals surface area contributed by atoms with E-state index in [1.807, 2.05) is 6.92 Å². The molecular weight excluding hydrogens is 190 g/mol. The second kappa shape index (κ2) is 3.08. The molecule has 0 aromatic rings. The Balaban J connectivity index is 2.49. The molecule has 1 aliphatic carbocycles. The van der Waals surface area contributed by atoms with Gasteiger partial charge in [-0.05, 0) is 26.2 Å². The molecule has 0 aromatic heterocycles. The first-order chi connectivity index (χ1) is 4.51. The van der Waals surface area contributed by atoms with Crippen LogP contribution >= 0.6 is 34.8 Å². The molecule has 0 saturated heterocycles. The molecule has 0 nitrogen and oxygen atoms in total. The van der Waals surface area contributed by atoms with Crippen molar-refractivity contribution in [3.05, 3.63) is 0 Å². The molecule has 0 amide bonds. The zero-order valence-corrected chi connectivity index (χ0v) is 8.18. The summed E-state index contributed by atoms with van der Waals surface area (Å²) in [6.45, 7) is 2.02. The molecule has 0 bridgehead atoms. The van der Waals surface area contributed by atoms with Gasteiger partial charge in [0.25, 0.3) is 0 Å². The van der Waals surface area contributed by atoms with Crippen molar-refractivity contribution >= 4 is 34.8 Å². The van der Waals surface area contributed by atoms with Crippen LogP contribution in [0, 0.1) is 0 Å². The molecule has 2 unspecified atom stereocenters. The number of alkyl halides is 3. The van der Waals surface area contributed by atoms with Crippen LogP contribution in [0.15, 0.2) is 0 Å². The van der Waals surface area contributed by atoms with E-state index in [9.17, 15) is 0 Å². The highest BCUT2D eigenvalue weighted by atomic mass is 35.5. The summed E-state index contributed by atoms with van der Waals surface area (Å²) >= 11 is 17.9. The van der Waals surface area contributed by atoms with Crippen molar-refractivity contribution in [2.24, 2.45) is 0 Å². The Morgan fingerprint density at radius 1 is 1.30 bits per heavy atom. The molecule has 3 heteroatoms. The van der Waals surface area contributed by atoms with E-state index in [2.05, 4.69) is 0 Å². The van der Waals surface area contributed by atoms with Gasteiger partial charge < -0.3 is 0 Å². The number of hydrogen-bond donors (Lipinski definition) is 0. The minimum Gasteiger partial charge on any atom is -0.121 e. The van der Waals surface area contributed by atoms with Gasteiger partial charge in [0.2, 0.25) is 0 Å². The van der Waals surface area contributed by atoms with Crippen molar-refractivity contribution in [1.29, 1.82) is 0 Å². The molecule has 0 radical (unpaired) electrons. The second-order valence-electron chi connectivity index (χ2n) is 3.19. The largest absolute Gasteiger partial charge is 0.121 e. The van der Waals surface area contributed by atoms with E-state index in [0.29, 0.717) is 0 Å². The van der Waals surface area contributed by atoms with Crippen LogP contribution in [0.5, 0.6) is 0 Å². The molecule has 0 N–H and O–H groups in total. The Kier molecular flexibility index (Phi) is 2.76. The van der Waals surface area contributed by atoms with Crippen LogP contribution in [0.4, 0.5) is 0 Å². The van der Waals surface area contributed by atoms with Gasteiger partial charge in [-0.15, -0.1) is 34.8 Å². The van der Waals surface area contributed by atoms with Crippen LogP contribution in [-0.2, 0) is 0 Å². The van der Waals surface area contributed by atoms with E-state index in [1.165, 1.54) is 0 Å². The van der Waals surface area contributed by atoms with E-state index in [4.69, 9.17) is 34.8 Å². The highest BCUT2D eigenvalue weighted by Crippen LogP contribution is 2.38. The van der Waals surface area contributed by atoms with Crippen LogP contribution in [0.25, 0.3) is 0 Å². The summed E-state index contributed by atoms with van der Waals surface area (Å²) in [7, 11) is 0. The molecular formula is C7H11Cl3. The maximum absolute atomic E-state index is 6.09. The third-order valence-electron chi connectivity index (χ3n) is 1.95. The molecule has 0 aliphatic heterocycles. The van der Waals surface area contributed by atoms with Crippen molar-refractivity contribution in [3.63, 3.8) is 0 Å². The summed E-state index contributed by atoms with van der Waals surface area (Å²) in [6, 6.07) is 0. The third kappa shape index (κ3) is 2.18. The van der Waals surface area contributed by atoms with E-state index < -0.39 is 0 Å². The number of halogens is 3. The van der Waals surface area contributed by atoms with Crippen molar-refractivity contribution in [2.45, 2.75) is 41.8 Å². The molecule has 10 heavy (non-hydrogen) atoms. The fourth-order valence-electron chi connectivity index (χ4n) is 1.26. The Bertz CT molecular complexity index is 122. The van der Waals surface area contributed by atoms with E-state index in [0.717, 1.165) is 19.3 Å². The SMILES string of the molecule is C[C@@]1(Cl)CCC(Cl)C(Cl)C1. The first-order valence-electron chi connectivity index (χ1n) is 3.48. The molecule has 0 heterocycles. The molecule has 0 aromatic carbocycles. The van der Waals surface area contributed by atoms with Crippen molar-refractivity contribution in [1.82, 2.24) is 0 Å². The number of rotatable bonds is 0. The summed E-state index contributed by atoms with van der Waals surface area (Å²) < 4.78 is 0. The summed E-state index contributed by atoms with van der Waals surface area (Å²) in [5.74, 6) is 0. The normalized spacial score (nSPS) is 49.2. The van der Waals surface area contributed by atoms with E-state index in [-0.39, 0.29) is 15.6 Å². The Hall–Kier alpha value is 0.870.